The predicted molar refractivity (Wildman–Crippen MR) is 81.4 cm³/mol. The lowest BCUT2D eigenvalue weighted by Crippen LogP contribution is -2.38. The molecule has 0 radical (unpaired) electrons. The highest BCUT2D eigenvalue weighted by molar-refractivity contribution is 5.96. The number of esters is 1. The number of hydrogen-bond acceptors (Lipinski definition) is 4. The lowest BCUT2D eigenvalue weighted by molar-refractivity contribution is -0.121. The summed E-state index contributed by atoms with van der Waals surface area (Å²) in [6.07, 6.45) is 1.95. The molecule has 0 aromatic heterocycles. The summed E-state index contributed by atoms with van der Waals surface area (Å²) >= 11 is 0. The van der Waals surface area contributed by atoms with Crippen molar-refractivity contribution in [2.75, 3.05) is 32.6 Å². The maximum Gasteiger partial charge on any atom is 0.337 e. The van der Waals surface area contributed by atoms with Gasteiger partial charge in [0.2, 0.25) is 5.91 Å². The molecule has 0 bridgehead atoms. The van der Waals surface area contributed by atoms with Crippen LogP contribution in [0.15, 0.2) is 18.2 Å². The van der Waals surface area contributed by atoms with Gasteiger partial charge in [-0.15, -0.1) is 0 Å². The van der Waals surface area contributed by atoms with Crippen LogP contribution in [-0.2, 0) is 9.53 Å². The van der Waals surface area contributed by atoms with Crippen LogP contribution in [0, 0.1) is 12.8 Å². The van der Waals surface area contributed by atoms with E-state index in [1.54, 1.807) is 12.1 Å². The minimum atomic E-state index is -0.400. The zero-order valence-electron chi connectivity index (χ0n) is 12.8. The molecule has 2 rings (SSSR count). The van der Waals surface area contributed by atoms with Crippen molar-refractivity contribution in [2.45, 2.75) is 19.8 Å². The number of methoxy groups -OCH3 is 1. The second-order valence-corrected chi connectivity index (χ2v) is 5.61. The van der Waals surface area contributed by atoms with Gasteiger partial charge in [0, 0.05) is 12.2 Å². The Labute approximate surface area is 125 Å². The predicted octanol–water partition coefficient (Wildman–Crippen LogP) is 2.06. The average molecular weight is 290 g/mol. The summed E-state index contributed by atoms with van der Waals surface area (Å²) < 4.78 is 4.71. The van der Waals surface area contributed by atoms with Gasteiger partial charge in [0.05, 0.1) is 18.6 Å². The van der Waals surface area contributed by atoms with Crippen LogP contribution in [0.1, 0.15) is 28.8 Å². The molecule has 1 aliphatic rings. The Balaban J connectivity index is 2.11. The number of nitrogens with one attached hydrogen (secondary N) is 1. The molecule has 1 aromatic carbocycles. The Morgan fingerprint density at radius 2 is 2.14 bits per heavy atom. The van der Waals surface area contributed by atoms with Crippen LogP contribution >= 0.6 is 0 Å². The Hall–Kier alpha value is -1.88. The lowest BCUT2D eigenvalue weighted by atomic mass is 9.97. The van der Waals surface area contributed by atoms with E-state index in [2.05, 4.69) is 10.2 Å². The summed E-state index contributed by atoms with van der Waals surface area (Å²) in [5.41, 5.74) is 2.05. The van der Waals surface area contributed by atoms with Gasteiger partial charge in [-0.25, -0.2) is 4.79 Å². The lowest BCUT2D eigenvalue weighted by Gasteiger charge is -2.28. The van der Waals surface area contributed by atoms with E-state index >= 15 is 0 Å². The quantitative estimate of drug-likeness (QED) is 0.866. The third-order valence-corrected chi connectivity index (χ3v) is 3.91. The number of ether oxygens (including phenoxy) is 1. The van der Waals surface area contributed by atoms with Gasteiger partial charge in [0.1, 0.15) is 0 Å². The molecular formula is C16H22N2O3. The van der Waals surface area contributed by atoms with E-state index in [0.29, 0.717) is 11.3 Å². The average Bonchev–Trinajstić information content (AvgIpc) is 2.48. The number of nitrogens with zero attached hydrogens (tertiary/aromatic N) is 1. The van der Waals surface area contributed by atoms with Crippen LogP contribution in [0.5, 0.6) is 0 Å². The van der Waals surface area contributed by atoms with E-state index in [-0.39, 0.29) is 11.8 Å². The molecule has 1 fully saturated rings. The van der Waals surface area contributed by atoms with Gasteiger partial charge in [-0.05, 0) is 51.1 Å². The van der Waals surface area contributed by atoms with Gasteiger partial charge in [0.15, 0.2) is 0 Å². The molecule has 1 N–H and O–H groups in total. The van der Waals surface area contributed by atoms with Crippen molar-refractivity contribution in [3.63, 3.8) is 0 Å². The first-order valence-corrected chi connectivity index (χ1v) is 7.19. The van der Waals surface area contributed by atoms with Crippen molar-refractivity contribution in [1.29, 1.82) is 0 Å². The van der Waals surface area contributed by atoms with Crippen molar-refractivity contribution in [3.05, 3.63) is 29.3 Å². The fourth-order valence-corrected chi connectivity index (χ4v) is 2.62. The first-order chi connectivity index (χ1) is 10.0. The summed E-state index contributed by atoms with van der Waals surface area (Å²) in [7, 11) is 3.38. The highest BCUT2D eigenvalue weighted by Gasteiger charge is 2.24. The fraction of sp³-hybridized carbons (Fsp3) is 0.500. The van der Waals surface area contributed by atoms with Crippen LogP contribution in [0.2, 0.25) is 0 Å². The number of rotatable bonds is 3. The van der Waals surface area contributed by atoms with Crippen LogP contribution in [0.25, 0.3) is 0 Å². The number of piperidine rings is 1. The normalized spacial score (nSPS) is 19.1. The first-order valence-electron chi connectivity index (χ1n) is 7.19. The molecule has 1 atom stereocenters. The molecule has 1 amide bonds. The van der Waals surface area contributed by atoms with Crippen molar-refractivity contribution in [2.24, 2.45) is 5.92 Å². The SMILES string of the molecule is COC(=O)c1ccc(C)c(NC(=O)C2CCCN(C)C2)c1. The molecule has 1 aliphatic heterocycles. The van der Waals surface area contributed by atoms with Crippen molar-refractivity contribution in [1.82, 2.24) is 4.90 Å². The minimum absolute atomic E-state index is 0.00457. The molecule has 0 aliphatic carbocycles. The molecule has 1 unspecified atom stereocenters. The number of anilines is 1. The largest absolute Gasteiger partial charge is 0.465 e. The zero-order valence-corrected chi connectivity index (χ0v) is 12.8. The van der Waals surface area contributed by atoms with Gasteiger partial charge in [-0.1, -0.05) is 6.07 Å². The van der Waals surface area contributed by atoms with E-state index < -0.39 is 5.97 Å². The zero-order chi connectivity index (χ0) is 15.4. The monoisotopic (exact) mass is 290 g/mol. The van der Waals surface area contributed by atoms with E-state index in [0.717, 1.165) is 31.5 Å². The summed E-state index contributed by atoms with van der Waals surface area (Å²) in [4.78, 5) is 26.1. The molecule has 1 heterocycles. The summed E-state index contributed by atoms with van der Waals surface area (Å²) in [5, 5.41) is 2.95. The van der Waals surface area contributed by atoms with Crippen LogP contribution in [-0.4, -0.2) is 44.0 Å². The van der Waals surface area contributed by atoms with E-state index in [1.807, 2.05) is 20.0 Å². The summed E-state index contributed by atoms with van der Waals surface area (Å²) in [6.45, 7) is 3.73. The van der Waals surface area contributed by atoms with E-state index in [9.17, 15) is 9.59 Å². The van der Waals surface area contributed by atoms with Crippen LogP contribution in [0.3, 0.4) is 0 Å². The Kier molecular flexibility index (Phi) is 4.96. The number of hydrogen-bond donors (Lipinski definition) is 1. The highest BCUT2D eigenvalue weighted by atomic mass is 16.5. The topological polar surface area (TPSA) is 58.6 Å². The minimum Gasteiger partial charge on any atom is -0.465 e. The van der Waals surface area contributed by atoms with Gasteiger partial charge < -0.3 is 15.0 Å². The number of aryl methyl sites for hydroxylation is 1. The molecular weight excluding hydrogens is 268 g/mol. The van der Waals surface area contributed by atoms with Crippen molar-refractivity contribution in [3.8, 4) is 0 Å². The molecule has 5 nitrogen and oxygen atoms in total. The maximum absolute atomic E-state index is 12.4. The van der Waals surface area contributed by atoms with Gasteiger partial charge in [-0.2, -0.15) is 0 Å². The van der Waals surface area contributed by atoms with Gasteiger partial charge in [0.25, 0.3) is 0 Å². The molecule has 0 spiro atoms. The number of likely N-dealkylation sites (tertiary alicyclic amines) is 1. The van der Waals surface area contributed by atoms with Gasteiger partial charge in [-0.3, -0.25) is 4.79 Å². The summed E-state index contributed by atoms with van der Waals surface area (Å²) in [5.74, 6) is -0.375. The van der Waals surface area contributed by atoms with E-state index in [4.69, 9.17) is 4.74 Å². The van der Waals surface area contributed by atoms with Crippen LogP contribution < -0.4 is 5.32 Å². The number of carbonyl (C=O) groups excluding carboxylic acids is 2. The van der Waals surface area contributed by atoms with E-state index in [1.165, 1.54) is 7.11 Å². The molecule has 0 saturated carbocycles. The Morgan fingerprint density at radius 1 is 1.38 bits per heavy atom. The second kappa shape index (κ2) is 6.72. The number of amides is 1. The second-order valence-electron chi connectivity index (χ2n) is 5.61. The fourth-order valence-electron chi connectivity index (χ4n) is 2.62. The van der Waals surface area contributed by atoms with Crippen LogP contribution in [0.4, 0.5) is 5.69 Å². The molecule has 21 heavy (non-hydrogen) atoms. The summed E-state index contributed by atoms with van der Waals surface area (Å²) in [6, 6.07) is 5.19. The molecule has 1 aromatic rings. The Morgan fingerprint density at radius 3 is 2.81 bits per heavy atom. The number of benzene rings is 1. The third kappa shape index (κ3) is 3.82. The molecule has 114 valence electrons. The molecule has 5 heteroatoms. The Bertz CT molecular complexity index is 542. The smallest absolute Gasteiger partial charge is 0.337 e. The number of carbonyl (C=O) groups is 2. The molecule has 1 saturated heterocycles. The third-order valence-electron chi connectivity index (χ3n) is 3.91. The van der Waals surface area contributed by atoms with Crippen molar-refractivity contribution >= 4 is 17.6 Å². The van der Waals surface area contributed by atoms with Gasteiger partial charge >= 0.3 is 5.97 Å². The first kappa shape index (κ1) is 15.5. The van der Waals surface area contributed by atoms with Crippen molar-refractivity contribution < 1.29 is 14.3 Å². The standard InChI is InChI=1S/C16H22N2O3/c1-11-6-7-12(16(20)21-3)9-14(11)17-15(19)13-5-4-8-18(2)10-13/h6-7,9,13H,4-5,8,10H2,1-3H3,(H,17,19). The highest BCUT2D eigenvalue weighted by Crippen LogP contribution is 2.21. The maximum atomic E-state index is 12.4.